The topological polar surface area (TPSA) is 77.5 Å². The van der Waals surface area contributed by atoms with Crippen molar-refractivity contribution in [3.8, 4) is 5.88 Å². The number of methoxy groups -OCH3 is 1. The number of hydrazine groups is 1. The summed E-state index contributed by atoms with van der Waals surface area (Å²) in [5.41, 5.74) is 3.37. The third kappa shape index (κ3) is 2.81. The van der Waals surface area contributed by atoms with E-state index in [1.807, 2.05) is 13.1 Å². The summed E-state index contributed by atoms with van der Waals surface area (Å²) in [6, 6.07) is 2.19. The number of nitrogens with two attached hydrogens (primary N) is 1. The van der Waals surface area contributed by atoms with E-state index in [0.29, 0.717) is 17.8 Å². The number of amidine groups is 1. The van der Waals surface area contributed by atoms with Crippen molar-refractivity contribution in [1.82, 2.24) is 15.2 Å². The molecule has 1 aromatic heterocycles. The molecule has 1 heterocycles. The molecule has 0 aromatic carbocycles. The third-order valence-electron chi connectivity index (χ3n) is 3.31. The fraction of sp³-hybridized carbons (Fsp3) is 0.667. The summed E-state index contributed by atoms with van der Waals surface area (Å²) in [4.78, 5) is 4.66. The number of hydrogen-bond donors (Lipinski definition) is 2. The maximum absolute atomic E-state index is 5.55. The molecule has 0 atom stereocenters. The lowest BCUT2D eigenvalue weighted by atomic mass is 9.96. The smallest absolute Gasteiger partial charge is 0.211 e. The number of nitrogens with zero attached hydrogens (tertiary/aromatic N) is 3. The number of aliphatic imine (C=N–C) groups is 1. The Morgan fingerprint density at radius 2 is 2.22 bits per heavy atom. The number of rotatable bonds is 3. The molecule has 2 rings (SSSR count). The van der Waals surface area contributed by atoms with Crippen LogP contribution in [0, 0.1) is 0 Å². The molecule has 3 N–H and O–H groups in total. The van der Waals surface area contributed by atoms with E-state index in [1.165, 1.54) is 19.3 Å². The molecule has 6 nitrogen and oxygen atoms in total. The van der Waals surface area contributed by atoms with Crippen LogP contribution in [0.5, 0.6) is 5.88 Å². The first-order valence-electron chi connectivity index (χ1n) is 6.37. The van der Waals surface area contributed by atoms with Crippen LogP contribution in [0.15, 0.2) is 11.1 Å². The summed E-state index contributed by atoms with van der Waals surface area (Å²) in [6.45, 7) is 0. The molecule has 1 aliphatic rings. The van der Waals surface area contributed by atoms with Gasteiger partial charge in [0.1, 0.15) is 5.69 Å². The first-order chi connectivity index (χ1) is 8.74. The van der Waals surface area contributed by atoms with Gasteiger partial charge < -0.3 is 10.2 Å². The van der Waals surface area contributed by atoms with Crippen molar-refractivity contribution in [2.24, 2.45) is 17.9 Å². The molecule has 6 heteroatoms. The van der Waals surface area contributed by atoms with Crippen LogP contribution in [0.2, 0.25) is 0 Å². The van der Waals surface area contributed by atoms with Crippen molar-refractivity contribution >= 4 is 5.84 Å². The van der Waals surface area contributed by atoms with E-state index < -0.39 is 0 Å². The van der Waals surface area contributed by atoms with Crippen LogP contribution in [0.4, 0.5) is 0 Å². The molecular formula is C12H21N5O. The maximum atomic E-state index is 5.55. The summed E-state index contributed by atoms with van der Waals surface area (Å²) in [5, 5.41) is 4.34. The highest BCUT2D eigenvalue weighted by molar-refractivity contribution is 5.97. The molecule has 18 heavy (non-hydrogen) atoms. The standard InChI is InChI=1S/C12H21N5O/c1-17-11(18-2)8-10(16-17)12(15-13)14-9-6-4-3-5-7-9/h8-9H,3-7,13H2,1-2H3,(H,14,15). The Balaban J connectivity index is 2.18. The number of ether oxygens (including phenoxy) is 1. The van der Waals surface area contributed by atoms with Crippen LogP contribution in [0.25, 0.3) is 0 Å². The highest BCUT2D eigenvalue weighted by Crippen LogP contribution is 2.21. The molecule has 1 fully saturated rings. The summed E-state index contributed by atoms with van der Waals surface area (Å²) < 4.78 is 6.86. The van der Waals surface area contributed by atoms with Crippen molar-refractivity contribution in [2.75, 3.05) is 7.11 Å². The highest BCUT2D eigenvalue weighted by Gasteiger charge is 2.16. The van der Waals surface area contributed by atoms with E-state index >= 15 is 0 Å². The van der Waals surface area contributed by atoms with Gasteiger partial charge in [0, 0.05) is 13.1 Å². The molecule has 0 amide bonds. The first-order valence-corrected chi connectivity index (χ1v) is 6.37. The van der Waals surface area contributed by atoms with E-state index in [1.54, 1.807) is 11.8 Å². The maximum Gasteiger partial charge on any atom is 0.211 e. The Morgan fingerprint density at radius 3 is 2.78 bits per heavy atom. The second kappa shape index (κ2) is 5.86. The SMILES string of the molecule is COc1cc(C(=NC2CCCCC2)NN)nn1C. The minimum Gasteiger partial charge on any atom is -0.481 e. The van der Waals surface area contributed by atoms with Gasteiger partial charge in [0.25, 0.3) is 0 Å². The Bertz CT molecular complexity index is 420. The van der Waals surface area contributed by atoms with Crippen molar-refractivity contribution in [3.63, 3.8) is 0 Å². The average molecular weight is 251 g/mol. The Labute approximate surface area is 107 Å². The molecule has 1 aromatic rings. The van der Waals surface area contributed by atoms with Gasteiger partial charge in [0.2, 0.25) is 5.88 Å². The molecule has 0 unspecified atom stereocenters. The number of hydrogen-bond acceptors (Lipinski definition) is 4. The third-order valence-corrected chi connectivity index (χ3v) is 3.31. The second-order valence-electron chi connectivity index (χ2n) is 4.61. The van der Waals surface area contributed by atoms with Crippen LogP contribution in [0.1, 0.15) is 37.8 Å². The predicted octanol–water partition coefficient (Wildman–Crippen LogP) is 0.971. The van der Waals surface area contributed by atoms with Crippen LogP contribution in [0.3, 0.4) is 0 Å². The molecular weight excluding hydrogens is 230 g/mol. The highest BCUT2D eigenvalue weighted by atomic mass is 16.5. The number of aromatic nitrogens is 2. The van der Waals surface area contributed by atoms with E-state index in [9.17, 15) is 0 Å². The van der Waals surface area contributed by atoms with E-state index in [2.05, 4.69) is 15.5 Å². The van der Waals surface area contributed by atoms with Gasteiger partial charge in [-0.15, -0.1) is 0 Å². The van der Waals surface area contributed by atoms with Crippen molar-refractivity contribution in [3.05, 3.63) is 11.8 Å². The summed E-state index contributed by atoms with van der Waals surface area (Å²) in [5.74, 6) is 6.88. The largest absolute Gasteiger partial charge is 0.481 e. The van der Waals surface area contributed by atoms with E-state index in [0.717, 1.165) is 18.5 Å². The van der Waals surface area contributed by atoms with E-state index in [-0.39, 0.29) is 0 Å². The molecule has 0 bridgehead atoms. The number of nitrogens with one attached hydrogen (secondary N) is 1. The fourth-order valence-corrected chi connectivity index (χ4v) is 2.33. The minimum absolute atomic E-state index is 0.359. The van der Waals surface area contributed by atoms with Crippen LogP contribution in [-0.4, -0.2) is 28.8 Å². The Hall–Kier alpha value is -1.56. The Morgan fingerprint density at radius 1 is 1.50 bits per heavy atom. The Kier molecular flexibility index (Phi) is 4.19. The summed E-state index contributed by atoms with van der Waals surface area (Å²) in [7, 11) is 3.45. The zero-order valence-electron chi connectivity index (χ0n) is 11.0. The lowest BCUT2D eigenvalue weighted by Crippen LogP contribution is -2.33. The molecule has 0 spiro atoms. The van der Waals surface area contributed by atoms with Crippen molar-refractivity contribution in [2.45, 2.75) is 38.1 Å². The van der Waals surface area contributed by atoms with Crippen molar-refractivity contribution in [1.29, 1.82) is 0 Å². The second-order valence-corrected chi connectivity index (χ2v) is 4.61. The molecule has 100 valence electrons. The normalized spacial score (nSPS) is 17.8. The lowest BCUT2D eigenvalue weighted by molar-refractivity contribution is 0.373. The van der Waals surface area contributed by atoms with Gasteiger partial charge in [0.15, 0.2) is 5.84 Å². The zero-order valence-corrected chi connectivity index (χ0v) is 11.0. The van der Waals surface area contributed by atoms with Crippen LogP contribution < -0.4 is 16.0 Å². The van der Waals surface area contributed by atoms with Gasteiger partial charge in [-0.3, -0.25) is 4.99 Å². The molecule has 1 aliphatic carbocycles. The monoisotopic (exact) mass is 251 g/mol. The molecule has 0 radical (unpaired) electrons. The lowest BCUT2D eigenvalue weighted by Gasteiger charge is -2.18. The van der Waals surface area contributed by atoms with Gasteiger partial charge in [-0.2, -0.15) is 5.10 Å². The van der Waals surface area contributed by atoms with Gasteiger partial charge in [-0.25, -0.2) is 10.5 Å². The fourth-order valence-electron chi connectivity index (χ4n) is 2.33. The average Bonchev–Trinajstić information content (AvgIpc) is 2.78. The summed E-state index contributed by atoms with van der Waals surface area (Å²) in [6.07, 6.45) is 6.08. The predicted molar refractivity (Wildman–Crippen MR) is 70.5 cm³/mol. The quantitative estimate of drug-likeness (QED) is 0.363. The summed E-state index contributed by atoms with van der Waals surface area (Å²) >= 11 is 0. The molecule has 0 aliphatic heterocycles. The minimum atomic E-state index is 0.359. The van der Waals surface area contributed by atoms with Crippen molar-refractivity contribution < 1.29 is 4.74 Å². The van der Waals surface area contributed by atoms with E-state index in [4.69, 9.17) is 10.6 Å². The van der Waals surface area contributed by atoms with Gasteiger partial charge >= 0.3 is 0 Å². The zero-order chi connectivity index (χ0) is 13.0. The van der Waals surface area contributed by atoms with Gasteiger partial charge in [0.05, 0.1) is 13.2 Å². The number of aryl methyl sites for hydroxylation is 1. The van der Waals surface area contributed by atoms with Gasteiger partial charge in [-0.05, 0) is 12.8 Å². The van der Waals surface area contributed by atoms with Gasteiger partial charge in [-0.1, -0.05) is 19.3 Å². The molecule has 1 saturated carbocycles. The molecule has 0 saturated heterocycles. The first kappa shape index (κ1) is 12.9. The van der Waals surface area contributed by atoms with Crippen LogP contribution in [-0.2, 0) is 7.05 Å². The van der Waals surface area contributed by atoms with Crippen LogP contribution >= 0.6 is 0 Å².